The molecule has 0 aromatic rings. The average molecular weight is 324 g/mol. The zero-order valence-corrected chi connectivity index (χ0v) is 15.6. The van der Waals surface area contributed by atoms with Crippen molar-refractivity contribution in [2.75, 3.05) is 0 Å². The fraction of sp³-hybridized carbons (Fsp3) is 0.318. The lowest BCUT2D eigenvalue weighted by atomic mass is 9.76. The van der Waals surface area contributed by atoms with Crippen LogP contribution >= 0.6 is 0 Å². The van der Waals surface area contributed by atoms with Crippen LogP contribution in [0, 0.1) is 5.41 Å². The van der Waals surface area contributed by atoms with Crippen LogP contribution < -0.4 is 0 Å². The Hall–Kier alpha value is -2.35. The molecule has 0 saturated carbocycles. The summed E-state index contributed by atoms with van der Waals surface area (Å²) in [6.45, 7) is 11.8. The van der Waals surface area contributed by atoms with Crippen molar-refractivity contribution >= 4 is 5.78 Å². The van der Waals surface area contributed by atoms with Crippen LogP contribution in [0.25, 0.3) is 0 Å². The molecule has 0 heterocycles. The molecule has 1 aliphatic rings. The number of hydrogen-bond acceptors (Lipinski definition) is 2. The number of aliphatic hydroxyl groups excluding tert-OH is 1. The number of rotatable bonds is 5. The second kappa shape index (κ2) is 8.49. The first kappa shape index (κ1) is 19.7. The third-order valence-electron chi connectivity index (χ3n) is 3.95. The van der Waals surface area contributed by atoms with Crippen molar-refractivity contribution < 1.29 is 9.90 Å². The van der Waals surface area contributed by atoms with Crippen molar-refractivity contribution in [3.63, 3.8) is 0 Å². The molecule has 1 N–H and O–H groups in total. The summed E-state index contributed by atoms with van der Waals surface area (Å²) in [5.41, 5.74) is 3.45. The van der Waals surface area contributed by atoms with Crippen LogP contribution in [0.2, 0.25) is 0 Å². The van der Waals surface area contributed by atoms with Gasteiger partial charge in [-0.2, -0.15) is 0 Å². The lowest BCUT2D eigenvalue weighted by molar-refractivity contribution is -0.114. The van der Waals surface area contributed by atoms with Crippen molar-refractivity contribution in [3.8, 4) is 0 Å². The van der Waals surface area contributed by atoms with Gasteiger partial charge in [-0.3, -0.25) is 4.79 Å². The molecule has 0 saturated heterocycles. The molecular weight excluding hydrogens is 296 g/mol. The molecule has 0 atom stereocenters. The summed E-state index contributed by atoms with van der Waals surface area (Å²) in [7, 11) is 0. The van der Waals surface area contributed by atoms with Crippen LogP contribution in [0.15, 0.2) is 82.7 Å². The molecule has 128 valence electrons. The lowest BCUT2D eigenvalue weighted by Crippen LogP contribution is -2.23. The third kappa shape index (κ3) is 5.38. The molecule has 0 unspecified atom stereocenters. The lowest BCUT2D eigenvalue weighted by Gasteiger charge is -2.28. The van der Waals surface area contributed by atoms with E-state index in [9.17, 15) is 9.90 Å². The fourth-order valence-corrected chi connectivity index (χ4v) is 2.55. The molecule has 1 aliphatic carbocycles. The van der Waals surface area contributed by atoms with Crippen LogP contribution in [0.5, 0.6) is 0 Å². The number of Topliss-reactive ketones (excluding diaryl/α,β-unsaturated/α-hetero) is 1. The standard InChI is InChI=1S/C22H28O2/c1-7-8-10-16(2)11-9-12-17(3)13-14-19-18(4)21(24)20(23)15-22(19,5)6/h7-15,23H,1-6H3/b8-7+,11-9+,14-13+,16-10+,17-12+. The van der Waals surface area contributed by atoms with Crippen LogP contribution in [-0.2, 0) is 4.79 Å². The molecule has 0 spiro atoms. The highest BCUT2D eigenvalue weighted by Gasteiger charge is 2.30. The van der Waals surface area contributed by atoms with Gasteiger partial charge < -0.3 is 5.11 Å². The first-order chi connectivity index (χ1) is 11.2. The smallest absolute Gasteiger partial charge is 0.222 e. The molecule has 0 amide bonds. The second-order valence-electron chi connectivity index (χ2n) is 6.66. The molecule has 2 nitrogen and oxygen atoms in total. The van der Waals surface area contributed by atoms with Crippen molar-refractivity contribution in [1.82, 2.24) is 0 Å². The van der Waals surface area contributed by atoms with E-state index in [2.05, 4.69) is 19.1 Å². The molecule has 0 fully saturated rings. The molecule has 0 radical (unpaired) electrons. The number of carbonyl (C=O) groups is 1. The van der Waals surface area contributed by atoms with E-state index < -0.39 is 0 Å². The summed E-state index contributed by atoms with van der Waals surface area (Å²) in [5.74, 6) is -0.450. The highest BCUT2D eigenvalue weighted by atomic mass is 16.3. The van der Waals surface area contributed by atoms with E-state index in [1.807, 2.05) is 64.2 Å². The van der Waals surface area contributed by atoms with Crippen LogP contribution in [0.3, 0.4) is 0 Å². The van der Waals surface area contributed by atoms with E-state index in [0.717, 1.165) is 11.1 Å². The number of aliphatic hydroxyl groups is 1. The summed E-state index contributed by atoms with van der Waals surface area (Å²) in [6.07, 6.45) is 17.8. The highest BCUT2D eigenvalue weighted by Crippen LogP contribution is 2.37. The van der Waals surface area contributed by atoms with Gasteiger partial charge in [0.25, 0.3) is 0 Å². The summed E-state index contributed by atoms with van der Waals surface area (Å²) < 4.78 is 0. The number of hydrogen-bond donors (Lipinski definition) is 1. The number of allylic oxidation sites excluding steroid dienone is 13. The topological polar surface area (TPSA) is 37.3 Å². The van der Waals surface area contributed by atoms with E-state index in [-0.39, 0.29) is 17.0 Å². The zero-order chi connectivity index (χ0) is 18.3. The Labute approximate surface area is 146 Å². The maximum atomic E-state index is 12.0. The molecule has 1 rings (SSSR count). The van der Waals surface area contributed by atoms with Gasteiger partial charge in [0.05, 0.1) is 0 Å². The van der Waals surface area contributed by atoms with Gasteiger partial charge in [0.2, 0.25) is 5.78 Å². The molecule has 0 bridgehead atoms. The number of carbonyl (C=O) groups excluding carboxylic acids is 1. The monoisotopic (exact) mass is 324 g/mol. The zero-order valence-electron chi connectivity index (χ0n) is 15.6. The van der Waals surface area contributed by atoms with Gasteiger partial charge in [-0.1, -0.05) is 73.6 Å². The Morgan fingerprint density at radius 3 is 2.29 bits per heavy atom. The Bertz CT molecular complexity index is 702. The van der Waals surface area contributed by atoms with Crippen molar-refractivity contribution in [1.29, 1.82) is 0 Å². The first-order valence-corrected chi connectivity index (χ1v) is 8.19. The number of ketones is 1. The van der Waals surface area contributed by atoms with E-state index in [4.69, 9.17) is 0 Å². The Morgan fingerprint density at radius 1 is 1.08 bits per heavy atom. The average Bonchev–Trinajstić information content (AvgIpc) is 2.50. The van der Waals surface area contributed by atoms with E-state index in [1.165, 1.54) is 5.57 Å². The minimum absolute atomic E-state index is 0.159. The molecule has 2 heteroatoms. The molecule has 0 aliphatic heterocycles. The predicted octanol–water partition coefficient (Wildman–Crippen LogP) is 5.93. The van der Waals surface area contributed by atoms with Crippen LogP contribution in [-0.4, -0.2) is 10.9 Å². The minimum Gasteiger partial charge on any atom is -0.504 e. The van der Waals surface area contributed by atoms with Crippen LogP contribution in [0.4, 0.5) is 0 Å². The maximum Gasteiger partial charge on any atom is 0.222 e. The van der Waals surface area contributed by atoms with E-state index >= 15 is 0 Å². The summed E-state index contributed by atoms with van der Waals surface area (Å²) in [5, 5.41) is 9.73. The molecule has 24 heavy (non-hydrogen) atoms. The summed E-state index contributed by atoms with van der Waals surface area (Å²) in [6, 6.07) is 0. The molecular formula is C22H28O2. The van der Waals surface area contributed by atoms with Gasteiger partial charge >= 0.3 is 0 Å². The summed E-state index contributed by atoms with van der Waals surface area (Å²) >= 11 is 0. The fourth-order valence-electron chi connectivity index (χ4n) is 2.55. The van der Waals surface area contributed by atoms with Gasteiger partial charge in [-0.05, 0) is 39.3 Å². The van der Waals surface area contributed by atoms with E-state index in [1.54, 1.807) is 13.0 Å². The largest absolute Gasteiger partial charge is 0.504 e. The SMILES string of the molecule is C/C=C/C=C(C)/C=C/C=C(C)/C=C/C1=C(C)C(=O)C(O)=CC1(C)C. The van der Waals surface area contributed by atoms with Gasteiger partial charge in [0, 0.05) is 11.0 Å². The van der Waals surface area contributed by atoms with Crippen LogP contribution in [0.1, 0.15) is 41.5 Å². The Kier molecular flexibility index (Phi) is 6.97. The van der Waals surface area contributed by atoms with Crippen molar-refractivity contribution in [2.45, 2.75) is 41.5 Å². The van der Waals surface area contributed by atoms with Gasteiger partial charge in [0.15, 0.2) is 5.76 Å². The minimum atomic E-state index is -0.361. The van der Waals surface area contributed by atoms with Gasteiger partial charge in [-0.25, -0.2) is 0 Å². The molecule has 0 aromatic carbocycles. The third-order valence-corrected chi connectivity index (χ3v) is 3.95. The van der Waals surface area contributed by atoms with Gasteiger partial charge in [0.1, 0.15) is 0 Å². The van der Waals surface area contributed by atoms with Crippen molar-refractivity contribution in [2.24, 2.45) is 5.41 Å². The van der Waals surface area contributed by atoms with Crippen molar-refractivity contribution in [3.05, 3.63) is 82.7 Å². The highest BCUT2D eigenvalue weighted by molar-refractivity contribution is 6.08. The Morgan fingerprint density at radius 2 is 1.67 bits per heavy atom. The quantitative estimate of drug-likeness (QED) is 0.636. The predicted molar refractivity (Wildman–Crippen MR) is 103 cm³/mol. The van der Waals surface area contributed by atoms with Gasteiger partial charge in [-0.15, -0.1) is 0 Å². The molecule has 0 aromatic heterocycles. The normalized spacial score (nSPS) is 19.9. The second-order valence-corrected chi connectivity index (χ2v) is 6.66. The van der Waals surface area contributed by atoms with E-state index in [0.29, 0.717) is 5.57 Å². The Balaban J connectivity index is 2.94. The summed E-state index contributed by atoms with van der Waals surface area (Å²) in [4.78, 5) is 12.0. The first-order valence-electron chi connectivity index (χ1n) is 8.19. The maximum absolute atomic E-state index is 12.0.